The SMILES string of the molecule is N#Cc1cccn1-c1ncc(N)cn1. The van der Waals surface area contributed by atoms with Crippen LogP contribution in [0.25, 0.3) is 5.95 Å². The zero-order valence-electron chi connectivity index (χ0n) is 7.25. The number of nitrogen functional groups attached to an aromatic ring is 1. The highest BCUT2D eigenvalue weighted by Crippen LogP contribution is 2.07. The topological polar surface area (TPSA) is 80.5 Å². The van der Waals surface area contributed by atoms with E-state index in [4.69, 9.17) is 11.0 Å². The number of hydrogen-bond donors (Lipinski definition) is 1. The van der Waals surface area contributed by atoms with Crippen LogP contribution in [-0.2, 0) is 0 Å². The van der Waals surface area contributed by atoms with E-state index in [9.17, 15) is 0 Å². The molecule has 2 N–H and O–H groups in total. The van der Waals surface area contributed by atoms with Crippen molar-refractivity contribution in [1.29, 1.82) is 5.26 Å². The van der Waals surface area contributed by atoms with Crippen molar-refractivity contribution in [3.05, 3.63) is 36.4 Å². The normalized spacial score (nSPS) is 9.64. The minimum absolute atomic E-state index is 0.445. The van der Waals surface area contributed by atoms with Gasteiger partial charge in [0.25, 0.3) is 0 Å². The van der Waals surface area contributed by atoms with Gasteiger partial charge in [-0.15, -0.1) is 0 Å². The minimum atomic E-state index is 0.445. The Morgan fingerprint density at radius 2 is 2.07 bits per heavy atom. The van der Waals surface area contributed by atoms with Crippen molar-refractivity contribution in [2.45, 2.75) is 0 Å². The van der Waals surface area contributed by atoms with Gasteiger partial charge in [0.15, 0.2) is 0 Å². The van der Waals surface area contributed by atoms with Gasteiger partial charge in [0, 0.05) is 6.20 Å². The molecule has 2 aromatic rings. The molecule has 2 rings (SSSR count). The molecule has 0 bridgehead atoms. The highest BCUT2D eigenvalue weighted by atomic mass is 15.1. The first-order valence-corrected chi connectivity index (χ1v) is 3.96. The van der Waals surface area contributed by atoms with Crippen LogP contribution in [0, 0.1) is 11.3 Å². The van der Waals surface area contributed by atoms with Crippen LogP contribution in [0.2, 0.25) is 0 Å². The fourth-order valence-corrected chi connectivity index (χ4v) is 1.10. The number of nitrogens with two attached hydrogens (primary N) is 1. The van der Waals surface area contributed by atoms with E-state index >= 15 is 0 Å². The molecule has 0 fully saturated rings. The molecule has 0 spiro atoms. The first kappa shape index (κ1) is 8.26. The Kier molecular flexibility index (Phi) is 1.88. The Labute approximate surface area is 80.4 Å². The quantitative estimate of drug-likeness (QED) is 0.709. The van der Waals surface area contributed by atoms with Crippen molar-refractivity contribution < 1.29 is 0 Å². The van der Waals surface area contributed by atoms with Gasteiger partial charge in [-0.05, 0) is 12.1 Å². The lowest BCUT2D eigenvalue weighted by Crippen LogP contribution is -2.02. The van der Waals surface area contributed by atoms with Crippen molar-refractivity contribution in [1.82, 2.24) is 14.5 Å². The monoisotopic (exact) mass is 185 g/mol. The molecule has 0 unspecified atom stereocenters. The number of nitrogens with zero attached hydrogens (tertiary/aromatic N) is 4. The van der Waals surface area contributed by atoms with Crippen molar-refractivity contribution in [2.75, 3.05) is 5.73 Å². The summed E-state index contributed by atoms with van der Waals surface area (Å²) < 4.78 is 1.60. The van der Waals surface area contributed by atoms with E-state index in [1.807, 2.05) is 6.07 Å². The molecule has 0 saturated carbocycles. The van der Waals surface area contributed by atoms with Gasteiger partial charge in [-0.25, -0.2) is 9.97 Å². The number of aromatic nitrogens is 3. The highest BCUT2D eigenvalue weighted by molar-refractivity contribution is 5.35. The third-order valence-electron chi connectivity index (χ3n) is 1.74. The third-order valence-corrected chi connectivity index (χ3v) is 1.74. The van der Waals surface area contributed by atoms with Crippen molar-refractivity contribution in [2.24, 2.45) is 0 Å². The molecule has 68 valence electrons. The van der Waals surface area contributed by atoms with Crippen molar-refractivity contribution in [3.8, 4) is 12.0 Å². The van der Waals surface area contributed by atoms with Crippen LogP contribution >= 0.6 is 0 Å². The maximum atomic E-state index is 8.77. The molecular weight excluding hydrogens is 178 g/mol. The average molecular weight is 185 g/mol. The van der Waals surface area contributed by atoms with Crippen LogP contribution in [0.4, 0.5) is 5.69 Å². The van der Waals surface area contributed by atoms with Gasteiger partial charge < -0.3 is 5.73 Å². The smallest absolute Gasteiger partial charge is 0.234 e. The molecular formula is C9H7N5. The second kappa shape index (κ2) is 3.18. The van der Waals surface area contributed by atoms with Crippen LogP contribution in [0.3, 0.4) is 0 Å². The molecule has 2 aromatic heterocycles. The first-order valence-electron chi connectivity index (χ1n) is 3.96. The molecule has 0 aromatic carbocycles. The summed E-state index contributed by atoms with van der Waals surface area (Å²) in [7, 11) is 0. The fourth-order valence-electron chi connectivity index (χ4n) is 1.10. The van der Waals surface area contributed by atoms with Crippen molar-refractivity contribution in [3.63, 3.8) is 0 Å². The number of anilines is 1. The van der Waals surface area contributed by atoms with Crippen LogP contribution in [0.15, 0.2) is 30.7 Å². The van der Waals surface area contributed by atoms with Gasteiger partial charge >= 0.3 is 0 Å². The third kappa shape index (κ3) is 1.29. The Bertz CT molecular complexity index is 477. The lowest BCUT2D eigenvalue weighted by atomic mass is 10.5. The summed E-state index contributed by atoms with van der Waals surface area (Å²) in [5.74, 6) is 0.445. The van der Waals surface area contributed by atoms with E-state index in [2.05, 4.69) is 9.97 Å². The largest absolute Gasteiger partial charge is 0.396 e. The molecule has 0 amide bonds. The molecule has 0 atom stereocenters. The summed E-state index contributed by atoms with van der Waals surface area (Å²) in [4.78, 5) is 8.01. The number of rotatable bonds is 1. The molecule has 14 heavy (non-hydrogen) atoms. The van der Waals surface area contributed by atoms with Gasteiger partial charge in [0.1, 0.15) is 11.8 Å². The lowest BCUT2D eigenvalue weighted by Gasteiger charge is -2.01. The van der Waals surface area contributed by atoms with Gasteiger partial charge in [0.2, 0.25) is 5.95 Å². The minimum Gasteiger partial charge on any atom is -0.396 e. The predicted octanol–water partition coefficient (Wildman–Crippen LogP) is 0.721. The fraction of sp³-hybridized carbons (Fsp3) is 0. The molecule has 0 aliphatic heterocycles. The summed E-state index contributed by atoms with van der Waals surface area (Å²) in [6.07, 6.45) is 4.73. The summed E-state index contributed by atoms with van der Waals surface area (Å²) in [6, 6.07) is 5.50. The molecule has 0 saturated heterocycles. The summed E-state index contributed by atoms with van der Waals surface area (Å²) in [6.45, 7) is 0. The summed E-state index contributed by atoms with van der Waals surface area (Å²) >= 11 is 0. The van der Waals surface area contributed by atoms with Crippen LogP contribution < -0.4 is 5.73 Å². The zero-order valence-corrected chi connectivity index (χ0v) is 7.25. The number of nitriles is 1. The molecule has 5 nitrogen and oxygen atoms in total. The van der Waals surface area contributed by atoms with Gasteiger partial charge in [0.05, 0.1) is 18.1 Å². The molecule has 2 heterocycles. The molecule has 5 heteroatoms. The van der Waals surface area contributed by atoms with Crippen LogP contribution in [0.5, 0.6) is 0 Å². The summed E-state index contributed by atoms with van der Waals surface area (Å²) in [5.41, 5.74) is 6.45. The number of hydrogen-bond acceptors (Lipinski definition) is 4. The standard InChI is InChI=1S/C9H7N5/c10-4-8-2-1-3-14(8)9-12-5-7(11)6-13-9/h1-3,5-6H,11H2. The predicted molar refractivity (Wildman–Crippen MR) is 50.5 cm³/mol. The lowest BCUT2D eigenvalue weighted by molar-refractivity contribution is 0.923. The zero-order chi connectivity index (χ0) is 9.97. The maximum Gasteiger partial charge on any atom is 0.234 e. The van der Waals surface area contributed by atoms with Crippen LogP contribution in [0.1, 0.15) is 5.69 Å². The van der Waals surface area contributed by atoms with E-state index in [0.717, 1.165) is 0 Å². The van der Waals surface area contributed by atoms with Gasteiger partial charge in [-0.1, -0.05) is 0 Å². The van der Waals surface area contributed by atoms with E-state index in [-0.39, 0.29) is 0 Å². The second-order valence-corrected chi connectivity index (χ2v) is 2.69. The Morgan fingerprint density at radius 1 is 1.36 bits per heavy atom. The van der Waals surface area contributed by atoms with Gasteiger partial charge in [-0.3, -0.25) is 4.57 Å². The van der Waals surface area contributed by atoms with Crippen molar-refractivity contribution >= 4 is 5.69 Å². The van der Waals surface area contributed by atoms with E-state index in [0.29, 0.717) is 17.3 Å². The Balaban J connectivity index is 2.50. The van der Waals surface area contributed by atoms with Crippen LogP contribution in [-0.4, -0.2) is 14.5 Å². The second-order valence-electron chi connectivity index (χ2n) is 2.69. The maximum absolute atomic E-state index is 8.77. The van der Waals surface area contributed by atoms with Gasteiger partial charge in [-0.2, -0.15) is 5.26 Å². The molecule has 0 aliphatic carbocycles. The van der Waals surface area contributed by atoms with E-state index < -0.39 is 0 Å². The Morgan fingerprint density at radius 3 is 2.71 bits per heavy atom. The Hall–Kier alpha value is -2.35. The first-order chi connectivity index (χ1) is 6.81. The molecule has 0 radical (unpaired) electrons. The molecule has 0 aliphatic rings. The summed E-state index contributed by atoms with van der Waals surface area (Å²) in [5, 5.41) is 8.77. The average Bonchev–Trinajstić information content (AvgIpc) is 2.67. The van der Waals surface area contributed by atoms with E-state index in [1.165, 1.54) is 12.4 Å². The van der Waals surface area contributed by atoms with E-state index in [1.54, 1.807) is 22.9 Å². The highest BCUT2D eigenvalue weighted by Gasteiger charge is 2.03.